The number of carbonyl (C=O) groups excluding carboxylic acids is 1. The number of nitrogens with one attached hydrogen (secondary N) is 2. The Hall–Kier alpha value is -1.61. The van der Waals surface area contributed by atoms with Crippen LogP contribution in [-0.4, -0.2) is 30.4 Å². The standard InChI is InChI=1S/C19H24N4OS.HI/c1-20-19(22-12-17-8-5-11-25-17)21-10-4-9-18(24)23-13-15-6-2-3-7-16(15)14-23;/h2-3,5-8,11H,4,9-10,12-14H2,1H3,(H2,20,21,22);1H. The van der Waals surface area contributed by atoms with E-state index < -0.39 is 0 Å². The zero-order valence-electron chi connectivity index (χ0n) is 14.9. The lowest BCUT2D eigenvalue weighted by molar-refractivity contribution is -0.131. The van der Waals surface area contributed by atoms with Gasteiger partial charge in [-0.15, -0.1) is 35.3 Å². The number of nitrogens with zero attached hydrogens (tertiary/aromatic N) is 2. The topological polar surface area (TPSA) is 56.7 Å². The highest BCUT2D eigenvalue weighted by molar-refractivity contribution is 14.0. The van der Waals surface area contributed by atoms with Crippen molar-refractivity contribution in [3.8, 4) is 0 Å². The molecule has 26 heavy (non-hydrogen) atoms. The van der Waals surface area contributed by atoms with Crippen molar-refractivity contribution in [2.75, 3.05) is 13.6 Å². The zero-order valence-corrected chi connectivity index (χ0v) is 18.1. The van der Waals surface area contributed by atoms with Crippen LogP contribution in [0.3, 0.4) is 0 Å². The number of amides is 1. The Morgan fingerprint density at radius 1 is 1.15 bits per heavy atom. The van der Waals surface area contributed by atoms with Gasteiger partial charge in [-0.25, -0.2) is 0 Å². The van der Waals surface area contributed by atoms with E-state index in [1.807, 2.05) is 23.1 Å². The fourth-order valence-electron chi connectivity index (χ4n) is 2.92. The number of thiophene rings is 1. The summed E-state index contributed by atoms with van der Waals surface area (Å²) in [4.78, 5) is 19.8. The Morgan fingerprint density at radius 3 is 2.50 bits per heavy atom. The molecule has 0 aliphatic carbocycles. The van der Waals surface area contributed by atoms with Crippen molar-refractivity contribution in [3.05, 3.63) is 57.8 Å². The number of hydrogen-bond acceptors (Lipinski definition) is 3. The van der Waals surface area contributed by atoms with Crippen molar-refractivity contribution < 1.29 is 4.79 Å². The molecule has 140 valence electrons. The number of carbonyl (C=O) groups is 1. The van der Waals surface area contributed by atoms with Crippen molar-refractivity contribution >= 4 is 47.2 Å². The molecule has 0 bridgehead atoms. The van der Waals surface area contributed by atoms with Crippen LogP contribution in [0.5, 0.6) is 0 Å². The molecule has 2 N–H and O–H groups in total. The van der Waals surface area contributed by atoms with E-state index in [2.05, 4.69) is 39.2 Å². The summed E-state index contributed by atoms with van der Waals surface area (Å²) in [5.41, 5.74) is 2.54. The molecule has 0 atom stereocenters. The second-order valence-corrected chi connectivity index (χ2v) is 7.09. The van der Waals surface area contributed by atoms with Gasteiger partial charge >= 0.3 is 0 Å². The van der Waals surface area contributed by atoms with E-state index in [-0.39, 0.29) is 29.9 Å². The Balaban J connectivity index is 0.00000243. The average Bonchev–Trinajstić information content (AvgIpc) is 3.30. The summed E-state index contributed by atoms with van der Waals surface area (Å²) in [5, 5.41) is 8.61. The molecule has 0 radical (unpaired) electrons. The lowest BCUT2D eigenvalue weighted by Gasteiger charge is -2.16. The van der Waals surface area contributed by atoms with Crippen LogP contribution in [-0.2, 0) is 24.4 Å². The van der Waals surface area contributed by atoms with Crippen molar-refractivity contribution in [1.29, 1.82) is 0 Å². The Labute approximate surface area is 175 Å². The van der Waals surface area contributed by atoms with Crippen LogP contribution in [0.15, 0.2) is 46.8 Å². The minimum atomic E-state index is 0. The molecule has 0 saturated heterocycles. The smallest absolute Gasteiger partial charge is 0.223 e. The lowest BCUT2D eigenvalue weighted by Crippen LogP contribution is -2.37. The van der Waals surface area contributed by atoms with E-state index >= 15 is 0 Å². The van der Waals surface area contributed by atoms with Crippen molar-refractivity contribution in [2.24, 2.45) is 4.99 Å². The zero-order chi connectivity index (χ0) is 17.5. The number of hydrogen-bond donors (Lipinski definition) is 2. The fraction of sp³-hybridized carbons (Fsp3) is 0.368. The van der Waals surface area contributed by atoms with E-state index in [1.165, 1.54) is 16.0 Å². The predicted octanol–water partition coefficient (Wildman–Crippen LogP) is 3.35. The first-order valence-corrected chi connectivity index (χ1v) is 9.45. The van der Waals surface area contributed by atoms with Crippen LogP contribution in [0.4, 0.5) is 0 Å². The van der Waals surface area contributed by atoms with Gasteiger partial charge in [-0.3, -0.25) is 9.79 Å². The number of halogens is 1. The Bertz CT molecular complexity index is 708. The fourth-order valence-corrected chi connectivity index (χ4v) is 3.56. The molecule has 1 aliphatic rings. The Morgan fingerprint density at radius 2 is 1.88 bits per heavy atom. The molecule has 5 nitrogen and oxygen atoms in total. The number of aliphatic imine (C=N–C) groups is 1. The van der Waals surface area contributed by atoms with E-state index in [0.717, 1.165) is 38.6 Å². The van der Waals surface area contributed by atoms with Gasteiger partial charge in [0.2, 0.25) is 5.91 Å². The van der Waals surface area contributed by atoms with E-state index in [0.29, 0.717) is 6.42 Å². The van der Waals surface area contributed by atoms with Crippen molar-refractivity contribution in [1.82, 2.24) is 15.5 Å². The quantitative estimate of drug-likeness (QED) is 0.286. The number of fused-ring (bicyclic) bond motifs is 1. The summed E-state index contributed by atoms with van der Waals surface area (Å²) in [7, 11) is 1.76. The van der Waals surface area contributed by atoms with Gasteiger partial charge in [0.15, 0.2) is 5.96 Å². The minimum absolute atomic E-state index is 0. The molecule has 1 amide bonds. The summed E-state index contributed by atoms with van der Waals surface area (Å²) in [6, 6.07) is 12.4. The minimum Gasteiger partial charge on any atom is -0.356 e. The molecule has 0 fully saturated rings. The highest BCUT2D eigenvalue weighted by atomic mass is 127. The average molecular weight is 484 g/mol. The van der Waals surface area contributed by atoms with Gasteiger partial charge in [0.25, 0.3) is 0 Å². The lowest BCUT2D eigenvalue weighted by atomic mass is 10.1. The second-order valence-electron chi connectivity index (χ2n) is 6.05. The summed E-state index contributed by atoms with van der Waals surface area (Å²) >= 11 is 1.72. The molecule has 1 aromatic carbocycles. The number of guanidine groups is 1. The first-order valence-electron chi connectivity index (χ1n) is 8.57. The first-order chi connectivity index (χ1) is 12.3. The van der Waals surface area contributed by atoms with Gasteiger partial charge in [0.05, 0.1) is 6.54 Å². The third-order valence-corrected chi connectivity index (χ3v) is 5.16. The summed E-state index contributed by atoms with van der Waals surface area (Å²) in [6.07, 6.45) is 1.36. The van der Waals surface area contributed by atoms with Crippen LogP contribution >= 0.6 is 35.3 Å². The van der Waals surface area contributed by atoms with Gasteiger partial charge < -0.3 is 15.5 Å². The molecular weight excluding hydrogens is 459 g/mol. The number of rotatable bonds is 6. The van der Waals surface area contributed by atoms with Gasteiger partial charge in [-0.2, -0.15) is 0 Å². The maximum absolute atomic E-state index is 12.4. The largest absolute Gasteiger partial charge is 0.356 e. The molecule has 0 saturated carbocycles. The van der Waals surface area contributed by atoms with Gasteiger partial charge in [0, 0.05) is 38.0 Å². The molecular formula is C19H25IN4OS. The summed E-state index contributed by atoms with van der Waals surface area (Å²) < 4.78 is 0. The van der Waals surface area contributed by atoms with Gasteiger partial charge in [-0.05, 0) is 29.0 Å². The maximum atomic E-state index is 12.4. The third-order valence-electron chi connectivity index (χ3n) is 4.29. The maximum Gasteiger partial charge on any atom is 0.223 e. The number of benzene rings is 1. The molecule has 1 aromatic heterocycles. The first kappa shape index (κ1) is 20.7. The van der Waals surface area contributed by atoms with Crippen molar-refractivity contribution in [2.45, 2.75) is 32.5 Å². The third kappa shape index (κ3) is 5.70. The second kappa shape index (κ2) is 10.5. The molecule has 0 unspecified atom stereocenters. The van der Waals surface area contributed by atoms with Crippen LogP contribution < -0.4 is 10.6 Å². The van der Waals surface area contributed by atoms with Crippen LogP contribution in [0, 0.1) is 0 Å². The van der Waals surface area contributed by atoms with Crippen LogP contribution in [0.1, 0.15) is 28.8 Å². The molecule has 0 spiro atoms. The normalized spacial score (nSPS) is 13.1. The van der Waals surface area contributed by atoms with Crippen molar-refractivity contribution in [3.63, 3.8) is 0 Å². The molecule has 1 aliphatic heterocycles. The molecule has 3 rings (SSSR count). The van der Waals surface area contributed by atoms with Crippen LogP contribution in [0.25, 0.3) is 0 Å². The molecule has 2 aromatic rings. The van der Waals surface area contributed by atoms with E-state index in [1.54, 1.807) is 18.4 Å². The molecule has 7 heteroatoms. The van der Waals surface area contributed by atoms with E-state index in [4.69, 9.17) is 0 Å². The van der Waals surface area contributed by atoms with Crippen LogP contribution in [0.2, 0.25) is 0 Å². The van der Waals surface area contributed by atoms with Gasteiger partial charge in [0.1, 0.15) is 0 Å². The monoisotopic (exact) mass is 484 g/mol. The summed E-state index contributed by atoms with van der Waals surface area (Å²) in [6.45, 7) is 2.98. The summed E-state index contributed by atoms with van der Waals surface area (Å²) in [5.74, 6) is 0.994. The van der Waals surface area contributed by atoms with E-state index in [9.17, 15) is 4.79 Å². The molecule has 2 heterocycles. The highest BCUT2D eigenvalue weighted by Gasteiger charge is 2.22. The highest BCUT2D eigenvalue weighted by Crippen LogP contribution is 2.22. The Kier molecular flexibility index (Phi) is 8.37. The SMILES string of the molecule is CN=C(NCCCC(=O)N1Cc2ccccc2C1)NCc1cccs1.I. The predicted molar refractivity (Wildman–Crippen MR) is 118 cm³/mol. The van der Waals surface area contributed by atoms with Gasteiger partial charge in [-0.1, -0.05) is 30.3 Å².